The summed E-state index contributed by atoms with van der Waals surface area (Å²) < 4.78 is 0. The Kier molecular flexibility index (Phi) is 4.03. The molecular formula is C18H23NO. The van der Waals surface area contributed by atoms with E-state index in [-0.39, 0.29) is 5.41 Å². The SMILES string of the molecule is Cc1cc(NCc2ccc(C(C)(C)C)cc2)ccc1O. The van der Waals surface area contributed by atoms with Crippen molar-refractivity contribution < 1.29 is 5.11 Å². The molecule has 20 heavy (non-hydrogen) atoms. The summed E-state index contributed by atoms with van der Waals surface area (Å²) in [5.41, 5.74) is 4.71. The van der Waals surface area contributed by atoms with Crippen molar-refractivity contribution >= 4 is 5.69 Å². The number of nitrogens with one attached hydrogen (secondary N) is 1. The zero-order valence-electron chi connectivity index (χ0n) is 12.7. The van der Waals surface area contributed by atoms with E-state index in [9.17, 15) is 5.11 Å². The van der Waals surface area contributed by atoms with Crippen LogP contribution in [0.1, 0.15) is 37.5 Å². The van der Waals surface area contributed by atoms with Crippen LogP contribution in [-0.4, -0.2) is 5.11 Å². The summed E-state index contributed by atoms with van der Waals surface area (Å²) >= 11 is 0. The molecule has 0 aliphatic rings. The van der Waals surface area contributed by atoms with Crippen LogP contribution >= 0.6 is 0 Å². The molecule has 0 aliphatic heterocycles. The summed E-state index contributed by atoms with van der Waals surface area (Å²) in [7, 11) is 0. The van der Waals surface area contributed by atoms with Gasteiger partial charge < -0.3 is 10.4 Å². The maximum Gasteiger partial charge on any atom is 0.118 e. The van der Waals surface area contributed by atoms with Crippen LogP contribution in [0.4, 0.5) is 5.69 Å². The lowest BCUT2D eigenvalue weighted by atomic mass is 9.87. The molecule has 2 aromatic rings. The summed E-state index contributed by atoms with van der Waals surface area (Å²) in [6, 6.07) is 14.3. The van der Waals surface area contributed by atoms with E-state index in [0.717, 1.165) is 17.8 Å². The molecule has 2 rings (SSSR count). The summed E-state index contributed by atoms with van der Waals surface area (Å²) in [5, 5.41) is 12.9. The van der Waals surface area contributed by atoms with Gasteiger partial charge in [-0.05, 0) is 47.2 Å². The van der Waals surface area contributed by atoms with Crippen LogP contribution in [0.5, 0.6) is 5.75 Å². The first-order valence-electron chi connectivity index (χ1n) is 6.99. The lowest BCUT2D eigenvalue weighted by Crippen LogP contribution is -2.11. The van der Waals surface area contributed by atoms with E-state index in [1.165, 1.54) is 11.1 Å². The van der Waals surface area contributed by atoms with Crippen molar-refractivity contribution in [3.8, 4) is 5.75 Å². The lowest BCUT2D eigenvalue weighted by molar-refractivity contribution is 0.471. The Balaban J connectivity index is 2.02. The minimum Gasteiger partial charge on any atom is -0.508 e. The third-order valence-corrected chi connectivity index (χ3v) is 3.51. The highest BCUT2D eigenvalue weighted by Gasteiger charge is 2.12. The van der Waals surface area contributed by atoms with Gasteiger partial charge in [0.1, 0.15) is 5.75 Å². The Hall–Kier alpha value is -1.96. The third-order valence-electron chi connectivity index (χ3n) is 3.51. The van der Waals surface area contributed by atoms with Gasteiger partial charge in [0.05, 0.1) is 0 Å². The Bertz CT molecular complexity index is 579. The van der Waals surface area contributed by atoms with Crippen molar-refractivity contribution in [2.45, 2.75) is 39.7 Å². The van der Waals surface area contributed by atoms with Gasteiger partial charge in [0.25, 0.3) is 0 Å². The lowest BCUT2D eigenvalue weighted by Gasteiger charge is -2.19. The van der Waals surface area contributed by atoms with Crippen molar-refractivity contribution in [3.05, 3.63) is 59.2 Å². The number of aryl methyl sites for hydroxylation is 1. The zero-order chi connectivity index (χ0) is 14.8. The fourth-order valence-corrected chi connectivity index (χ4v) is 2.09. The molecule has 2 heteroatoms. The van der Waals surface area contributed by atoms with Crippen molar-refractivity contribution in [1.82, 2.24) is 0 Å². The van der Waals surface area contributed by atoms with Crippen molar-refractivity contribution in [2.75, 3.05) is 5.32 Å². The van der Waals surface area contributed by atoms with Gasteiger partial charge in [-0.15, -0.1) is 0 Å². The molecule has 0 unspecified atom stereocenters. The van der Waals surface area contributed by atoms with Crippen LogP contribution in [0, 0.1) is 6.92 Å². The van der Waals surface area contributed by atoms with Crippen LogP contribution in [0.15, 0.2) is 42.5 Å². The molecule has 0 spiro atoms. The molecule has 0 bridgehead atoms. The Morgan fingerprint density at radius 3 is 2.20 bits per heavy atom. The second kappa shape index (κ2) is 5.58. The number of aromatic hydroxyl groups is 1. The monoisotopic (exact) mass is 269 g/mol. The van der Waals surface area contributed by atoms with E-state index in [0.29, 0.717) is 5.75 Å². The molecular weight excluding hydrogens is 246 g/mol. The highest BCUT2D eigenvalue weighted by atomic mass is 16.3. The average Bonchev–Trinajstić information content (AvgIpc) is 2.40. The van der Waals surface area contributed by atoms with Gasteiger partial charge in [-0.1, -0.05) is 45.0 Å². The number of hydrogen-bond donors (Lipinski definition) is 2. The van der Waals surface area contributed by atoms with Crippen LogP contribution in [0.3, 0.4) is 0 Å². The maximum absolute atomic E-state index is 9.51. The molecule has 106 valence electrons. The number of phenolic OH excluding ortho intramolecular Hbond substituents is 1. The maximum atomic E-state index is 9.51. The van der Waals surface area contributed by atoms with Gasteiger partial charge in [0, 0.05) is 12.2 Å². The topological polar surface area (TPSA) is 32.3 Å². The van der Waals surface area contributed by atoms with Crippen LogP contribution in [0.2, 0.25) is 0 Å². The first-order valence-corrected chi connectivity index (χ1v) is 6.99. The first kappa shape index (κ1) is 14.4. The van der Waals surface area contributed by atoms with Crippen LogP contribution in [-0.2, 0) is 12.0 Å². The quantitative estimate of drug-likeness (QED) is 0.797. The molecule has 0 radical (unpaired) electrons. The molecule has 2 nitrogen and oxygen atoms in total. The Labute approximate surface area is 121 Å². The molecule has 0 saturated carbocycles. The molecule has 0 atom stereocenters. The van der Waals surface area contributed by atoms with Gasteiger partial charge in [-0.3, -0.25) is 0 Å². The normalized spacial score (nSPS) is 11.4. The highest BCUT2D eigenvalue weighted by Crippen LogP contribution is 2.23. The van der Waals surface area contributed by atoms with Gasteiger partial charge in [0.15, 0.2) is 0 Å². The number of hydrogen-bond acceptors (Lipinski definition) is 2. The highest BCUT2D eigenvalue weighted by molar-refractivity contribution is 5.50. The number of rotatable bonds is 3. The zero-order valence-corrected chi connectivity index (χ0v) is 12.7. The van der Waals surface area contributed by atoms with E-state index in [1.807, 2.05) is 19.1 Å². The summed E-state index contributed by atoms with van der Waals surface area (Å²) in [5.74, 6) is 0.338. The largest absolute Gasteiger partial charge is 0.508 e. The van der Waals surface area contributed by atoms with E-state index in [2.05, 4.69) is 50.4 Å². The van der Waals surface area contributed by atoms with Gasteiger partial charge in [-0.25, -0.2) is 0 Å². The molecule has 0 aliphatic carbocycles. The number of anilines is 1. The molecule has 0 amide bonds. The Morgan fingerprint density at radius 1 is 1.00 bits per heavy atom. The first-order chi connectivity index (χ1) is 9.36. The third kappa shape index (κ3) is 3.53. The number of phenols is 1. The van der Waals surface area contributed by atoms with Crippen molar-refractivity contribution in [1.29, 1.82) is 0 Å². The predicted molar refractivity (Wildman–Crippen MR) is 85.3 cm³/mol. The van der Waals surface area contributed by atoms with E-state index in [1.54, 1.807) is 6.07 Å². The van der Waals surface area contributed by atoms with Gasteiger partial charge >= 0.3 is 0 Å². The average molecular weight is 269 g/mol. The molecule has 2 N–H and O–H groups in total. The van der Waals surface area contributed by atoms with E-state index in [4.69, 9.17) is 0 Å². The van der Waals surface area contributed by atoms with Gasteiger partial charge in [0.2, 0.25) is 0 Å². The fourth-order valence-electron chi connectivity index (χ4n) is 2.09. The molecule has 0 fully saturated rings. The van der Waals surface area contributed by atoms with Crippen LogP contribution < -0.4 is 5.32 Å². The Morgan fingerprint density at radius 2 is 1.65 bits per heavy atom. The molecule has 2 aromatic carbocycles. The minimum atomic E-state index is 0.194. The van der Waals surface area contributed by atoms with Crippen molar-refractivity contribution in [2.24, 2.45) is 0 Å². The fraction of sp³-hybridized carbons (Fsp3) is 0.333. The second-order valence-corrected chi connectivity index (χ2v) is 6.30. The predicted octanol–water partition coefficient (Wildman–Crippen LogP) is 4.61. The summed E-state index contributed by atoms with van der Waals surface area (Å²) in [4.78, 5) is 0. The van der Waals surface area contributed by atoms with E-state index >= 15 is 0 Å². The second-order valence-electron chi connectivity index (χ2n) is 6.30. The molecule has 0 saturated heterocycles. The number of benzene rings is 2. The standard InChI is InChI=1S/C18H23NO/c1-13-11-16(9-10-17(13)20)19-12-14-5-7-15(8-6-14)18(2,3)4/h5-11,19-20H,12H2,1-4H3. The van der Waals surface area contributed by atoms with Crippen LogP contribution in [0.25, 0.3) is 0 Å². The smallest absolute Gasteiger partial charge is 0.118 e. The summed E-state index contributed by atoms with van der Waals surface area (Å²) in [6.45, 7) is 9.35. The summed E-state index contributed by atoms with van der Waals surface area (Å²) in [6.07, 6.45) is 0. The van der Waals surface area contributed by atoms with Crippen molar-refractivity contribution in [3.63, 3.8) is 0 Å². The van der Waals surface area contributed by atoms with E-state index < -0.39 is 0 Å². The molecule has 0 heterocycles. The van der Waals surface area contributed by atoms with Gasteiger partial charge in [-0.2, -0.15) is 0 Å². The molecule has 0 aromatic heterocycles. The minimum absolute atomic E-state index is 0.194.